The third-order valence-electron chi connectivity index (χ3n) is 4.10. The number of ether oxygens (including phenoxy) is 1. The van der Waals surface area contributed by atoms with E-state index in [1.807, 2.05) is 0 Å². The molecular formula is C19H15BrN2O6. The van der Waals surface area contributed by atoms with Gasteiger partial charge in [0.05, 0.1) is 28.6 Å². The number of nitrogens with zero attached hydrogens (tertiary/aromatic N) is 2. The highest BCUT2D eigenvalue weighted by Crippen LogP contribution is 2.36. The van der Waals surface area contributed by atoms with Crippen molar-refractivity contribution in [3.8, 4) is 17.2 Å². The summed E-state index contributed by atoms with van der Waals surface area (Å²) in [7, 11) is 1.42. The summed E-state index contributed by atoms with van der Waals surface area (Å²) in [6, 6.07) is 6.96. The molecular weight excluding hydrogens is 432 g/mol. The van der Waals surface area contributed by atoms with Crippen LogP contribution in [0.2, 0.25) is 0 Å². The molecule has 0 saturated heterocycles. The van der Waals surface area contributed by atoms with Crippen molar-refractivity contribution in [2.75, 3.05) is 12.1 Å². The molecule has 0 fully saturated rings. The van der Waals surface area contributed by atoms with Crippen molar-refractivity contribution < 1.29 is 29.6 Å². The Morgan fingerprint density at radius 1 is 1.25 bits per heavy atom. The lowest BCUT2D eigenvalue weighted by Crippen LogP contribution is -2.21. The fourth-order valence-corrected chi connectivity index (χ4v) is 3.15. The third kappa shape index (κ3) is 3.44. The Balaban J connectivity index is 2.00. The number of carboxylic acids is 1. The lowest BCUT2D eigenvalue weighted by atomic mass is 10.1. The molecule has 1 aliphatic heterocycles. The van der Waals surface area contributed by atoms with Crippen molar-refractivity contribution in [1.29, 1.82) is 0 Å². The fourth-order valence-electron chi connectivity index (χ4n) is 2.69. The fraction of sp³-hybridized carbons (Fsp3) is 0.105. The van der Waals surface area contributed by atoms with Gasteiger partial charge in [0.15, 0.2) is 11.5 Å². The predicted octanol–water partition coefficient (Wildman–Crippen LogP) is 3.37. The van der Waals surface area contributed by atoms with E-state index in [9.17, 15) is 19.8 Å². The number of halogens is 1. The molecule has 9 heteroatoms. The van der Waals surface area contributed by atoms with Crippen molar-refractivity contribution >= 4 is 45.3 Å². The molecule has 3 N–H and O–H groups in total. The number of carbonyl (C=O) groups is 2. The summed E-state index contributed by atoms with van der Waals surface area (Å²) in [4.78, 5) is 24.0. The molecule has 0 unspecified atom stereocenters. The van der Waals surface area contributed by atoms with Gasteiger partial charge in [0.25, 0.3) is 5.91 Å². The number of hydrazone groups is 1. The summed E-state index contributed by atoms with van der Waals surface area (Å²) in [5, 5.41) is 34.0. The second-order valence-electron chi connectivity index (χ2n) is 5.92. The summed E-state index contributed by atoms with van der Waals surface area (Å²) in [5.41, 5.74) is 1.20. The number of carbonyl (C=O) groups excluding carboxylic acids is 1. The molecule has 1 aliphatic rings. The Bertz CT molecular complexity index is 1060. The molecule has 1 amide bonds. The second kappa shape index (κ2) is 7.35. The van der Waals surface area contributed by atoms with E-state index in [4.69, 9.17) is 9.84 Å². The Kier molecular flexibility index (Phi) is 5.10. The van der Waals surface area contributed by atoms with E-state index < -0.39 is 17.6 Å². The summed E-state index contributed by atoms with van der Waals surface area (Å²) >= 11 is 3.23. The van der Waals surface area contributed by atoms with Crippen molar-refractivity contribution in [1.82, 2.24) is 0 Å². The topological polar surface area (TPSA) is 120 Å². The zero-order valence-electron chi connectivity index (χ0n) is 14.8. The maximum atomic E-state index is 12.8. The highest BCUT2D eigenvalue weighted by Gasteiger charge is 2.29. The Morgan fingerprint density at radius 3 is 2.61 bits per heavy atom. The van der Waals surface area contributed by atoms with Gasteiger partial charge < -0.3 is 20.1 Å². The molecule has 0 aliphatic carbocycles. The van der Waals surface area contributed by atoms with Crippen molar-refractivity contribution in [3.63, 3.8) is 0 Å². The number of benzene rings is 2. The number of phenols is 2. The number of aromatic carboxylic acids is 1. The largest absolute Gasteiger partial charge is 0.507 e. The number of carboxylic acid groups (broad SMARTS) is 1. The van der Waals surface area contributed by atoms with Crippen LogP contribution >= 0.6 is 15.9 Å². The summed E-state index contributed by atoms with van der Waals surface area (Å²) < 4.78 is 5.51. The quantitative estimate of drug-likeness (QED) is 0.619. The first kappa shape index (κ1) is 19.4. The highest BCUT2D eigenvalue weighted by molar-refractivity contribution is 9.10. The minimum Gasteiger partial charge on any atom is -0.507 e. The number of rotatable bonds is 4. The van der Waals surface area contributed by atoms with Crippen LogP contribution in [0, 0.1) is 0 Å². The zero-order chi connectivity index (χ0) is 20.6. The van der Waals surface area contributed by atoms with Gasteiger partial charge in [0.1, 0.15) is 11.3 Å². The van der Waals surface area contributed by atoms with Crippen molar-refractivity contribution in [3.05, 3.63) is 51.5 Å². The minimum atomic E-state index is -1.32. The molecule has 3 rings (SSSR count). The van der Waals surface area contributed by atoms with Crippen LogP contribution in [-0.2, 0) is 4.79 Å². The molecule has 0 spiro atoms. The van der Waals surface area contributed by atoms with Gasteiger partial charge in [-0.15, -0.1) is 0 Å². The van der Waals surface area contributed by atoms with E-state index in [0.29, 0.717) is 21.3 Å². The molecule has 0 atom stereocenters. The number of phenolic OH excluding ortho intramolecular Hbond substituents is 1. The van der Waals surface area contributed by atoms with Crippen LogP contribution in [0.5, 0.6) is 17.2 Å². The Hall–Kier alpha value is -3.33. The predicted molar refractivity (Wildman–Crippen MR) is 106 cm³/mol. The standard InChI is InChI=1S/C19H15BrN2O6/c1-9-12(5-10-6-14(20)17(24)16(7-10)28-2)18(25)22(21-9)11-3-4-15(23)13(8-11)19(26)27/h3-8,23-24H,1-2H3,(H,26,27)/b12-5-. The normalized spacial score (nSPS) is 15.1. The number of methoxy groups -OCH3 is 1. The minimum absolute atomic E-state index is 0.0558. The number of anilines is 1. The van der Waals surface area contributed by atoms with Gasteiger partial charge in [-0.2, -0.15) is 10.1 Å². The molecule has 0 aromatic heterocycles. The summed E-state index contributed by atoms with van der Waals surface area (Å²) in [6.07, 6.45) is 1.59. The first-order chi connectivity index (χ1) is 13.2. The van der Waals surface area contributed by atoms with Crippen LogP contribution in [0.15, 0.2) is 45.5 Å². The van der Waals surface area contributed by atoms with Crippen molar-refractivity contribution in [2.24, 2.45) is 5.10 Å². The SMILES string of the molecule is COc1cc(/C=C2\C(=O)N(c3ccc(O)c(C(=O)O)c3)N=C2C)cc(Br)c1O. The highest BCUT2D eigenvalue weighted by atomic mass is 79.9. The number of hydrogen-bond donors (Lipinski definition) is 3. The van der Waals surface area contributed by atoms with Gasteiger partial charge in [-0.05, 0) is 64.8 Å². The second-order valence-corrected chi connectivity index (χ2v) is 6.77. The molecule has 8 nitrogen and oxygen atoms in total. The summed E-state index contributed by atoms with van der Waals surface area (Å²) in [5.74, 6) is -1.99. The van der Waals surface area contributed by atoms with E-state index in [0.717, 1.165) is 5.01 Å². The average molecular weight is 447 g/mol. The third-order valence-corrected chi connectivity index (χ3v) is 4.70. The maximum Gasteiger partial charge on any atom is 0.339 e. The summed E-state index contributed by atoms with van der Waals surface area (Å²) in [6.45, 7) is 1.65. The number of aromatic hydroxyl groups is 2. The van der Waals surface area contributed by atoms with Gasteiger partial charge in [-0.1, -0.05) is 0 Å². The van der Waals surface area contributed by atoms with Crippen LogP contribution in [0.25, 0.3) is 6.08 Å². The maximum absolute atomic E-state index is 12.8. The molecule has 0 bridgehead atoms. The monoisotopic (exact) mass is 446 g/mol. The lowest BCUT2D eigenvalue weighted by Gasteiger charge is -2.13. The zero-order valence-corrected chi connectivity index (χ0v) is 16.4. The van der Waals surface area contributed by atoms with Gasteiger partial charge in [0.2, 0.25) is 0 Å². The smallest absolute Gasteiger partial charge is 0.339 e. The van der Waals surface area contributed by atoms with Gasteiger partial charge in [-0.3, -0.25) is 4.79 Å². The average Bonchev–Trinajstić information content (AvgIpc) is 2.92. The van der Waals surface area contributed by atoms with E-state index >= 15 is 0 Å². The van der Waals surface area contributed by atoms with Crippen LogP contribution in [-0.4, -0.2) is 40.0 Å². The first-order valence-electron chi connectivity index (χ1n) is 7.97. The molecule has 1 heterocycles. The van der Waals surface area contributed by atoms with Gasteiger partial charge in [0, 0.05) is 0 Å². The van der Waals surface area contributed by atoms with E-state index in [-0.39, 0.29) is 22.7 Å². The van der Waals surface area contributed by atoms with E-state index in [2.05, 4.69) is 21.0 Å². The first-order valence-corrected chi connectivity index (χ1v) is 8.76. The molecule has 0 saturated carbocycles. The number of amides is 1. The lowest BCUT2D eigenvalue weighted by molar-refractivity contribution is -0.114. The molecule has 0 radical (unpaired) electrons. The van der Waals surface area contributed by atoms with E-state index in [1.165, 1.54) is 25.3 Å². The van der Waals surface area contributed by atoms with Crippen molar-refractivity contribution in [2.45, 2.75) is 6.92 Å². The number of hydrogen-bond acceptors (Lipinski definition) is 6. The van der Waals surface area contributed by atoms with Crippen LogP contribution < -0.4 is 9.75 Å². The van der Waals surface area contributed by atoms with Crippen LogP contribution in [0.3, 0.4) is 0 Å². The molecule has 2 aromatic rings. The van der Waals surface area contributed by atoms with Crippen LogP contribution in [0.1, 0.15) is 22.8 Å². The van der Waals surface area contributed by atoms with Gasteiger partial charge in [-0.25, -0.2) is 4.79 Å². The van der Waals surface area contributed by atoms with Gasteiger partial charge >= 0.3 is 5.97 Å². The molecule has 28 heavy (non-hydrogen) atoms. The molecule has 144 valence electrons. The Morgan fingerprint density at radius 2 is 1.96 bits per heavy atom. The molecule has 2 aromatic carbocycles. The van der Waals surface area contributed by atoms with E-state index in [1.54, 1.807) is 25.1 Å². The Labute approximate surface area is 168 Å². The van der Waals surface area contributed by atoms with Crippen LogP contribution in [0.4, 0.5) is 5.69 Å².